The number of anilines is 2. The van der Waals surface area contributed by atoms with Gasteiger partial charge in [0, 0.05) is 49.6 Å². The highest BCUT2D eigenvalue weighted by molar-refractivity contribution is 6.09. The number of urea groups is 1. The van der Waals surface area contributed by atoms with Crippen molar-refractivity contribution in [1.29, 1.82) is 0 Å². The molecule has 1 saturated heterocycles. The summed E-state index contributed by atoms with van der Waals surface area (Å²) in [5.74, 6) is -0.212. The number of ether oxygens (including phenoxy) is 1. The monoisotopic (exact) mass is 517 g/mol. The summed E-state index contributed by atoms with van der Waals surface area (Å²) in [5.41, 5.74) is 2.22. The molecular weight excluding hydrogens is 478 g/mol. The third-order valence-electron chi connectivity index (χ3n) is 7.85. The Morgan fingerprint density at radius 3 is 2.66 bits per heavy atom. The SMILES string of the molecule is CCCN1C(=O)C(NC(=O)Nc2cccc(CN3CCOCC3)c2)(C2CCCCC2)N=Cc2ccccc21. The van der Waals surface area contributed by atoms with Crippen LogP contribution in [0, 0.1) is 5.92 Å². The second-order valence-electron chi connectivity index (χ2n) is 10.5. The molecule has 2 fully saturated rings. The maximum absolute atomic E-state index is 14.3. The number of carbonyl (C=O) groups is 2. The van der Waals surface area contributed by atoms with Gasteiger partial charge < -0.3 is 20.3 Å². The summed E-state index contributed by atoms with van der Waals surface area (Å²) in [6.07, 6.45) is 7.50. The number of para-hydroxylation sites is 1. The van der Waals surface area contributed by atoms with Crippen molar-refractivity contribution in [3.63, 3.8) is 0 Å². The lowest BCUT2D eigenvalue weighted by Gasteiger charge is -2.40. The minimum absolute atomic E-state index is 0.0629. The molecule has 0 spiro atoms. The third kappa shape index (κ3) is 5.76. The molecule has 0 bridgehead atoms. The Labute approximate surface area is 225 Å². The van der Waals surface area contributed by atoms with Gasteiger partial charge in [0.2, 0.25) is 5.66 Å². The summed E-state index contributed by atoms with van der Waals surface area (Å²) >= 11 is 0. The molecule has 8 nitrogen and oxygen atoms in total. The molecule has 8 heteroatoms. The van der Waals surface area contributed by atoms with Crippen molar-refractivity contribution in [2.24, 2.45) is 10.9 Å². The molecule has 1 aliphatic carbocycles. The summed E-state index contributed by atoms with van der Waals surface area (Å²) in [4.78, 5) is 36.9. The number of fused-ring (bicyclic) bond motifs is 1. The van der Waals surface area contributed by atoms with Crippen LogP contribution in [-0.4, -0.2) is 61.6 Å². The molecule has 2 heterocycles. The van der Waals surface area contributed by atoms with Crippen molar-refractivity contribution in [2.75, 3.05) is 43.1 Å². The average Bonchev–Trinajstić information content (AvgIpc) is 3.06. The van der Waals surface area contributed by atoms with E-state index in [2.05, 4.69) is 28.5 Å². The lowest BCUT2D eigenvalue weighted by molar-refractivity contribution is -0.127. The van der Waals surface area contributed by atoms with Crippen LogP contribution in [0.1, 0.15) is 56.6 Å². The topological polar surface area (TPSA) is 86.3 Å². The van der Waals surface area contributed by atoms with E-state index in [-0.39, 0.29) is 11.8 Å². The molecule has 2 N–H and O–H groups in total. The summed E-state index contributed by atoms with van der Waals surface area (Å²) in [5, 5.41) is 6.10. The Kier molecular flexibility index (Phi) is 8.39. The number of carbonyl (C=O) groups excluding carboxylic acids is 2. The van der Waals surface area contributed by atoms with Crippen LogP contribution in [-0.2, 0) is 16.1 Å². The van der Waals surface area contributed by atoms with E-state index in [0.717, 1.165) is 88.2 Å². The molecule has 1 unspecified atom stereocenters. The minimum Gasteiger partial charge on any atom is -0.379 e. The second kappa shape index (κ2) is 12.1. The van der Waals surface area contributed by atoms with Crippen molar-refractivity contribution in [3.05, 3.63) is 59.7 Å². The summed E-state index contributed by atoms with van der Waals surface area (Å²) in [7, 11) is 0. The summed E-state index contributed by atoms with van der Waals surface area (Å²) in [6, 6.07) is 15.3. The maximum Gasteiger partial charge on any atom is 0.321 e. The van der Waals surface area contributed by atoms with E-state index >= 15 is 0 Å². The van der Waals surface area contributed by atoms with Gasteiger partial charge in [0.05, 0.1) is 18.9 Å². The molecule has 2 aromatic carbocycles. The molecule has 202 valence electrons. The van der Waals surface area contributed by atoms with E-state index in [1.165, 1.54) is 0 Å². The second-order valence-corrected chi connectivity index (χ2v) is 10.5. The summed E-state index contributed by atoms with van der Waals surface area (Å²) < 4.78 is 5.46. The van der Waals surface area contributed by atoms with Crippen LogP contribution in [0.4, 0.5) is 16.2 Å². The Morgan fingerprint density at radius 1 is 1.08 bits per heavy atom. The fourth-order valence-electron chi connectivity index (χ4n) is 5.92. The number of amides is 3. The molecule has 38 heavy (non-hydrogen) atoms. The highest BCUT2D eigenvalue weighted by Gasteiger charge is 2.50. The number of rotatable bonds is 7. The van der Waals surface area contributed by atoms with Gasteiger partial charge in [-0.2, -0.15) is 0 Å². The van der Waals surface area contributed by atoms with Crippen LogP contribution in [0.25, 0.3) is 0 Å². The molecule has 0 aromatic heterocycles. The fraction of sp³-hybridized carbons (Fsp3) is 0.500. The lowest BCUT2D eigenvalue weighted by atomic mass is 9.79. The van der Waals surface area contributed by atoms with Gasteiger partial charge in [-0.05, 0) is 43.0 Å². The zero-order valence-corrected chi connectivity index (χ0v) is 22.3. The molecule has 3 aliphatic rings. The predicted molar refractivity (Wildman–Crippen MR) is 151 cm³/mol. The van der Waals surface area contributed by atoms with Gasteiger partial charge in [-0.25, -0.2) is 4.79 Å². The number of morpholine rings is 1. The first-order valence-electron chi connectivity index (χ1n) is 14.0. The molecular formula is C30H39N5O3. The van der Waals surface area contributed by atoms with Crippen molar-refractivity contribution in [1.82, 2.24) is 10.2 Å². The van der Waals surface area contributed by atoms with Gasteiger partial charge in [0.25, 0.3) is 5.91 Å². The minimum atomic E-state index is -1.34. The molecule has 2 aromatic rings. The van der Waals surface area contributed by atoms with E-state index < -0.39 is 11.7 Å². The van der Waals surface area contributed by atoms with Crippen LogP contribution in [0.2, 0.25) is 0 Å². The normalized spacial score (nSPS) is 22.6. The summed E-state index contributed by atoms with van der Waals surface area (Å²) in [6.45, 7) is 6.74. The highest BCUT2D eigenvalue weighted by atomic mass is 16.5. The number of hydrogen-bond donors (Lipinski definition) is 2. The lowest BCUT2D eigenvalue weighted by Crippen LogP contribution is -2.63. The van der Waals surface area contributed by atoms with Gasteiger partial charge in [-0.15, -0.1) is 0 Å². The molecule has 2 aliphatic heterocycles. The Balaban J connectivity index is 1.40. The Hall–Kier alpha value is -3.23. The van der Waals surface area contributed by atoms with Crippen LogP contribution in [0.3, 0.4) is 0 Å². The first-order chi connectivity index (χ1) is 18.6. The van der Waals surface area contributed by atoms with Crippen LogP contribution in [0.5, 0.6) is 0 Å². The van der Waals surface area contributed by atoms with Gasteiger partial charge in [-0.1, -0.05) is 56.5 Å². The molecule has 3 amide bonds. The van der Waals surface area contributed by atoms with E-state index in [1.54, 1.807) is 6.21 Å². The molecule has 1 atom stereocenters. The maximum atomic E-state index is 14.3. The van der Waals surface area contributed by atoms with Crippen LogP contribution < -0.4 is 15.5 Å². The van der Waals surface area contributed by atoms with Crippen molar-refractivity contribution in [3.8, 4) is 0 Å². The van der Waals surface area contributed by atoms with E-state index in [9.17, 15) is 9.59 Å². The number of hydrogen-bond acceptors (Lipinski definition) is 5. The van der Waals surface area contributed by atoms with Crippen LogP contribution in [0.15, 0.2) is 53.5 Å². The molecule has 0 radical (unpaired) electrons. The van der Waals surface area contributed by atoms with E-state index in [0.29, 0.717) is 12.2 Å². The van der Waals surface area contributed by atoms with Crippen molar-refractivity contribution < 1.29 is 14.3 Å². The zero-order chi connectivity index (χ0) is 26.4. The smallest absolute Gasteiger partial charge is 0.321 e. The number of benzene rings is 2. The predicted octanol–water partition coefficient (Wildman–Crippen LogP) is 4.79. The quantitative estimate of drug-likeness (QED) is 0.553. The standard InChI is InChI=1S/C30H39N5O3/c1-2-15-35-27-14-7-6-10-24(27)21-31-30(28(35)36,25-11-4-3-5-12-25)33-29(37)32-26-13-8-9-23(20-26)22-34-16-18-38-19-17-34/h6-10,13-14,20-21,25H,2-5,11-12,15-19,22H2,1H3,(H2,32,33,37). The largest absolute Gasteiger partial charge is 0.379 e. The van der Waals surface area contributed by atoms with Crippen molar-refractivity contribution >= 4 is 29.5 Å². The number of nitrogens with one attached hydrogen (secondary N) is 2. The average molecular weight is 518 g/mol. The van der Waals surface area contributed by atoms with Crippen LogP contribution >= 0.6 is 0 Å². The zero-order valence-electron chi connectivity index (χ0n) is 22.3. The van der Waals surface area contributed by atoms with E-state index in [4.69, 9.17) is 9.73 Å². The highest BCUT2D eigenvalue weighted by Crippen LogP contribution is 2.38. The van der Waals surface area contributed by atoms with Gasteiger partial charge >= 0.3 is 6.03 Å². The number of benzodiazepines with no additional fused rings is 1. The van der Waals surface area contributed by atoms with Gasteiger partial charge in [0.15, 0.2) is 0 Å². The molecule has 1 saturated carbocycles. The number of nitrogens with zero attached hydrogens (tertiary/aromatic N) is 3. The van der Waals surface area contributed by atoms with E-state index in [1.807, 2.05) is 47.4 Å². The fourth-order valence-corrected chi connectivity index (χ4v) is 5.92. The third-order valence-corrected chi connectivity index (χ3v) is 7.85. The Morgan fingerprint density at radius 2 is 1.87 bits per heavy atom. The first-order valence-corrected chi connectivity index (χ1v) is 14.0. The number of aliphatic imine (C=N–C) groups is 1. The first kappa shape index (κ1) is 26.4. The molecule has 5 rings (SSSR count). The van der Waals surface area contributed by atoms with Gasteiger partial charge in [-0.3, -0.25) is 14.7 Å². The van der Waals surface area contributed by atoms with Gasteiger partial charge in [0.1, 0.15) is 0 Å². The Bertz CT molecular complexity index is 1160. The van der Waals surface area contributed by atoms with Crippen molar-refractivity contribution in [2.45, 2.75) is 57.7 Å².